The van der Waals surface area contributed by atoms with E-state index in [4.69, 9.17) is 16.3 Å². The van der Waals surface area contributed by atoms with Gasteiger partial charge in [-0.15, -0.1) is 10.2 Å². The summed E-state index contributed by atoms with van der Waals surface area (Å²) in [5.41, 5.74) is 0. The molecule has 1 heterocycles. The molecular weight excluding hydrogens is 384 g/mol. The molecule has 0 radical (unpaired) electrons. The van der Waals surface area contributed by atoms with Gasteiger partial charge in [-0.2, -0.15) is 0 Å². The van der Waals surface area contributed by atoms with Crippen molar-refractivity contribution in [2.75, 3.05) is 19.3 Å². The zero-order chi connectivity index (χ0) is 18.8. The molecule has 2 aliphatic carbocycles. The van der Waals surface area contributed by atoms with Crippen molar-refractivity contribution in [1.29, 1.82) is 0 Å². The summed E-state index contributed by atoms with van der Waals surface area (Å²) in [6.07, 6.45) is 4.71. The number of nitrogens with zero attached hydrogens (tertiary/aromatic N) is 4. The van der Waals surface area contributed by atoms with Gasteiger partial charge in [0.05, 0.1) is 10.8 Å². The van der Waals surface area contributed by atoms with Gasteiger partial charge in [-0.05, 0) is 43.7 Å². The quantitative estimate of drug-likeness (QED) is 0.592. The number of benzene rings is 1. The largest absolute Gasteiger partial charge is 0.484 e. The highest BCUT2D eigenvalue weighted by Crippen LogP contribution is 2.39. The van der Waals surface area contributed by atoms with Crippen molar-refractivity contribution in [3.8, 4) is 5.75 Å². The second kappa shape index (κ2) is 8.10. The molecule has 0 N–H and O–H groups in total. The molecule has 27 heavy (non-hydrogen) atoms. The van der Waals surface area contributed by atoms with Crippen molar-refractivity contribution < 1.29 is 9.53 Å². The number of para-hydroxylation sites is 1. The van der Waals surface area contributed by atoms with E-state index in [9.17, 15) is 4.79 Å². The summed E-state index contributed by atoms with van der Waals surface area (Å²) in [5, 5.41) is 9.98. The minimum absolute atomic E-state index is 0.145. The number of hydrogen-bond donors (Lipinski definition) is 0. The smallest absolute Gasteiger partial charge is 0.232 e. The molecule has 2 saturated carbocycles. The van der Waals surface area contributed by atoms with Crippen LogP contribution in [0.4, 0.5) is 0 Å². The average molecular weight is 407 g/mol. The number of hydrogen-bond acceptors (Lipinski definition) is 5. The monoisotopic (exact) mass is 406 g/mol. The summed E-state index contributed by atoms with van der Waals surface area (Å²) >= 11 is 7.61. The van der Waals surface area contributed by atoms with Gasteiger partial charge in [0.25, 0.3) is 0 Å². The van der Waals surface area contributed by atoms with E-state index in [1.807, 2.05) is 30.1 Å². The van der Waals surface area contributed by atoms with Crippen molar-refractivity contribution in [2.24, 2.45) is 5.92 Å². The Morgan fingerprint density at radius 2 is 2.07 bits per heavy atom. The molecule has 1 amide bonds. The standard InChI is InChI=1S/C19H23ClN4O2S/c1-23(10-13-6-7-13)18(25)12-27-19-22-21-17(24(19)14-8-9-14)11-26-16-5-3-2-4-15(16)20/h2-5,13-14H,6-12H2,1H3. The van der Waals surface area contributed by atoms with Gasteiger partial charge in [0.2, 0.25) is 5.91 Å². The van der Waals surface area contributed by atoms with E-state index in [-0.39, 0.29) is 5.91 Å². The van der Waals surface area contributed by atoms with Crippen molar-refractivity contribution in [3.63, 3.8) is 0 Å². The molecule has 0 saturated heterocycles. The van der Waals surface area contributed by atoms with Gasteiger partial charge in [-0.25, -0.2) is 0 Å². The van der Waals surface area contributed by atoms with Gasteiger partial charge >= 0.3 is 0 Å². The molecule has 0 bridgehead atoms. The van der Waals surface area contributed by atoms with Crippen LogP contribution >= 0.6 is 23.4 Å². The number of carbonyl (C=O) groups excluding carboxylic acids is 1. The maximum Gasteiger partial charge on any atom is 0.232 e. The summed E-state index contributed by atoms with van der Waals surface area (Å²) in [4.78, 5) is 14.2. The Bertz CT molecular complexity index is 820. The number of carbonyl (C=O) groups is 1. The Morgan fingerprint density at radius 1 is 1.30 bits per heavy atom. The van der Waals surface area contributed by atoms with Crippen LogP contribution in [0.15, 0.2) is 29.4 Å². The van der Waals surface area contributed by atoms with Crippen LogP contribution in [0.1, 0.15) is 37.5 Å². The first-order valence-corrected chi connectivity index (χ1v) is 10.7. The Kier molecular flexibility index (Phi) is 5.59. The summed E-state index contributed by atoms with van der Waals surface area (Å²) in [6, 6.07) is 7.80. The second-order valence-electron chi connectivity index (χ2n) is 7.23. The fraction of sp³-hybridized carbons (Fsp3) is 0.526. The van der Waals surface area contributed by atoms with Gasteiger partial charge in [0.15, 0.2) is 11.0 Å². The van der Waals surface area contributed by atoms with Gasteiger partial charge in [-0.1, -0.05) is 35.5 Å². The molecule has 1 aromatic heterocycles. The van der Waals surface area contributed by atoms with Gasteiger partial charge < -0.3 is 9.64 Å². The van der Waals surface area contributed by atoms with E-state index < -0.39 is 0 Å². The van der Waals surface area contributed by atoms with Crippen LogP contribution < -0.4 is 4.74 Å². The Hall–Kier alpha value is -1.73. The van der Waals surface area contributed by atoms with E-state index in [1.165, 1.54) is 24.6 Å². The van der Waals surface area contributed by atoms with Crippen LogP contribution in [-0.2, 0) is 11.4 Å². The molecule has 2 aliphatic rings. The first kappa shape index (κ1) is 18.6. The molecule has 2 fully saturated rings. The SMILES string of the molecule is CN(CC1CC1)C(=O)CSc1nnc(COc2ccccc2Cl)n1C1CC1. The predicted octanol–water partition coefficient (Wildman–Crippen LogP) is 3.81. The van der Waals surface area contributed by atoms with Crippen molar-refractivity contribution >= 4 is 29.3 Å². The normalized spacial score (nSPS) is 16.4. The molecule has 0 atom stereocenters. The summed E-state index contributed by atoms with van der Waals surface area (Å²) in [6.45, 7) is 1.18. The number of thioether (sulfide) groups is 1. The van der Waals surface area contributed by atoms with E-state index in [0.29, 0.717) is 35.1 Å². The molecule has 4 rings (SSSR count). The van der Waals surface area contributed by atoms with Gasteiger partial charge in [-0.3, -0.25) is 9.36 Å². The van der Waals surface area contributed by atoms with Crippen molar-refractivity contribution in [3.05, 3.63) is 35.1 Å². The number of ether oxygens (including phenoxy) is 1. The highest BCUT2D eigenvalue weighted by Gasteiger charge is 2.30. The third-order valence-corrected chi connectivity index (χ3v) is 6.06. The molecule has 6 nitrogen and oxygen atoms in total. The van der Waals surface area contributed by atoms with Crippen LogP contribution in [0, 0.1) is 5.92 Å². The fourth-order valence-corrected chi connectivity index (χ4v) is 4.09. The lowest BCUT2D eigenvalue weighted by Gasteiger charge is -2.16. The van der Waals surface area contributed by atoms with Crippen LogP contribution in [0.5, 0.6) is 5.75 Å². The molecule has 0 unspecified atom stereocenters. The number of aromatic nitrogens is 3. The molecule has 0 aliphatic heterocycles. The lowest BCUT2D eigenvalue weighted by Crippen LogP contribution is -2.30. The first-order valence-electron chi connectivity index (χ1n) is 9.29. The zero-order valence-corrected chi connectivity index (χ0v) is 16.9. The third-order valence-electron chi connectivity index (χ3n) is 4.82. The topological polar surface area (TPSA) is 60.3 Å². The van der Waals surface area contributed by atoms with E-state index in [2.05, 4.69) is 14.8 Å². The fourth-order valence-electron chi connectivity index (χ4n) is 2.93. The van der Waals surface area contributed by atoms with Gasteiger partial charge in [0.1, 0.15) is 12.4 Å². The second-order valence-corrected chi connectivity index (χ2v) is 8.58. The van der Waals surface area contributed by atoms with E-state index in [0.717, 1.165) is 30.4 Å². The highest BCUT2D eigenvalue weighted by molar-refractivity contribution is 7.99. The molecule has 8 heteroatoms. The van der Waals surface area contributed by atoms with E-state index in [1.54, 1.807) is 6.07 Å². The minimum atomic E-state index is 0.145. The van der Waals surface area contributed by atoms with Crippen LogP contribution in [0.3, 0.4) is 0 Å². The van der Waals surface area contributed by atoms with Crippen molar-refractivity contribution in [2.45, 2.75) is 43.5 Å². The average Bonchev–Trinajstić information content (AvgIpc) is 3.59. The predicted molar refractivity (Wildman–Crippen MR) is 105 cm³/mol. The molecule has 0 spiro atoms. The van der Waals surface area contributed by atoms with Crippen LogP contribution in [0.2, 0.25) is 5.02 Å². The molecule has 2 aromatic rings. The van der Waals surface area contributed by atoms with E-state index >= 15 is 0 Å². The highest BCUT2D eigenvalue weighted by atomic mass is 35.5. The number of halogens is 1. The lowest BCUT2D eigenvalue weighted by atomic mass is 10.3. The lowest BCUT2D eigenvalue weighted by molar-refractivity contribution is -0.127. The summed E-state index contributed by atoms with van der Waals surface area (Å²) < 4.78 is 7.95. The number of rotatable bonds is 9. The Morgan fingerprint density at radius 3 is 2.78 bits per heavy atom. The summed E-state index contributed by atoms with van der Waals surface area (Å²) in [7, 11) is 1.88. The maximum atomic E-state index is 12.3. The maximum absolute atomic E-state index is 12.3. The first-order chi connectivity index (χ1) is 13.1. The molecule has 144 valence electrons. The Labute approximate surface area is 168 Å². The molecule has 1 aromatic carbocycles. The summed E-state index contributed by atoms with van der Waals surface area (Å²) in [5.74, 6) is 2.65. The Balaban J connectivity index is 1.38. The van der Waals surface area contributed by atoms with Crippen LogP contribution in [-0.4, -0.2) is 44.9 Å². The number of amides is 1. The van der Waals surface area contributed by atoms with Gasteiger partial charge in [0, 0.05) is 19.6 Å². The van der Waals surface area contributed by atoms with Crippen molar-refractivity contribution in [1.82, 2.24) is 19.7 Å². The minimum Gasteiger partial charge on any atom is -0.484 e. The zero-order valence-electron chi connectivity index (χ0n) is 15.3. The van der Waals surface area contributed by atoms with Crippen LogP contribution in [0.25, 0.3) is 0 Å². The third kappa shape index (κ3) is 4.76. The molecular formula is C19H23ClN4O2S.